The van der Waals surface area contributed by atoms with E-state index in [1.165, 1.54) is 6.07 Å². The topological polar surface area (TPSA) is 84.5 Å². The summed E-state index contributed by atoms with van der Waals surface area (Å²) < 4.78 is 32.9. The lowest BCUT2D eigenvalue weighted by atomic mass is 10.2. The SMILES string of the molecule is CCC(=O)Nc1ccc(S(=O)(=O)NCCSC2CCOCC2)c(C)c1. The summed E-state index contributed by atoms with van der Waals surface area (Å²) in [6.45, 7) is 5.49. The molecule has 1 saturated heterocycles. The van der Waals surface area contributed by atoms with Gasteiger partial charge in [0.1, 0.15) is 0 Å². The van der Waals surface area contributed by atoms with Gasteiger partial charge in [-0.25, -0.2) is 13.1 Å². The standard InChI is InChI=1S/C17H26N2O4S2/c1-3-17(20)19-14-4-5-16(13(2)12-14)25(21,22)18-8-11-24-15-6-9-23-10-7-15/h4-5,12,15,18H,3,6-11H2,1-2H3,(H,19,20). The molecule has 1 amide bonds. The molecule has 6 nitrogen and oxygen atoms in total. The zero-order valence-electron chi connectivity index (χ0n) is 14.7. The van der Waals surface area contributed by atoms with Gasteiger partial charge in [0, 0.05) is 42.9 Å². The Hall–Kier alpha value is -1.09. The van der Waals surface area contributed by atoms with Crippen molar-refractivity contribution in [1.82, 2.24) is 4.72 Å². The molecule has 1 aliphatic heterocycles. The van der Waals surface area contributed by atoms with Gasteiger partial charge in [-0.15, -0.1) is 0 Å². The van der Waals surface area contributed by atoms with E-state index in [9.17, 15) is 13.2 Å². The van der Waals surface area contributed by atoms with Gasteiger partial charge in [0.15, 0.2) is 0 Å². The van der Waals surface area contributed by atoms with Gasteiger partial charge in [-0.1, -0.05) is 6.92 Å². The van der Waals surface area contributed by atoms with Gasteiger partial charge in [-0.2, -0.15) is 11.8 Å². The summed E-state index contributed by atoms with van der Waals surface area (Å²) in [6.07, 6.45) is 2.44. The Kier molecular flexibility index (Phi) is 7.74. The average Bonchev–Trinajstić information content (AvgIpc) is 2.59. The van der Waals surface area contributed by atoms with Crippen molar-refractivity contribution in [3.05, 3.63) is 23.8 Å². The van der Waals surface area contributed by atoms with E-state index in [2.05, 4.69) is 10.0 Å². The van der Waals surface area contributed by atoms with Crippen molar-refractivity contribution in [2.24, 2.45) is 0 Å². The van der Waals surface area contributed by atoms with Gasteiger partial charge in [-0.3, -0.25) is 4.79 Å². The number of rotatable bonds is 8. The molecule has 0 aromatic heterocycles. The first kappa shape index (κ1) is 20.2. The summed E-state index contributed by atoms with van der Waals surface area (Å²) in [7, 11) is -3.55. The van der Waals surface area contributed by atoms with E-state index >= 15 is 0 Å². The molecule has 0 atom stereocenters. The third kappa shape index (κ3) is 6.29. The Bertz CT molecular complexity index is 686. The number of nitrogens with one attached hydrogen (secondary N) is 2. The van der Waals surface area contributed by atoms with Gasteiger partial charge in [-0.05, 0) is 43.5 Å². The van der Waals surface area contributed by atoms with Crippen molar-refractivity contribution >= 4 is 33.4 Å². The van der Waals surface area contributed by atoms with Crippen LogP contribution in [0.4, 0.5) is 5.69 Å². The fourth-order valence-electron chi connectivity index (χ4n) is 2.60. The summed E-state index contributed by atoms with van der Waals surface area (Å²) in [4.78, 5) is 11.7. The number of hydrogen-bond acceptors (Lipinski definition) is 5. The molecule has 0 bridgehead atoms. The predicted molar refractivity (Wildman–Crippen MR) is 102 cm³/mol. The largest absolute Gasteiger partial charge is 0.381 e. The van der Waals surface area contributed by atoms with E-state index in [0.29, 0.717) is 29.5 Å². The summed E-state index contributed by atoms with van der Waals surface area (Å²) in [5.74, 6) is 0.645. The molecule has 2 rings (SSSR count). The number of ether oxygens (including phenoxy) is 1. The van der Waals surface area contributed by atoms with Crippen LogP contribution in [0.2, 0.25) is 0 Å². The second-order valence-corrected chi connectivity index (χ2v) is 9.11. The summed E-state index contributed by atoms with van der Waals surface area (Å²) in [6, 6.07) is 4.83. The van der Waals surface area contributed by atoms with E-state index in [1.54, 1.807) is 37.7 Å². The van der Waals surface area contributed by atoms with Gasteiger partial charge < -0.3 is 10.1 Å². The van der Waals surface area contributed by atoms with Gasteiger partial charge in [0.2, 0.25) is 15.9 Å². The van der Waals surface area contributed by atoms with Crippen LogP contribution in [-0.4, -0.2) is 45.1 Å². The number of amides is 1. The molecule has 1 heterocycles. The molecule has 25 heavy (non-hydrogen) atoms. The maximum absolute atomic E-state index is 12.5. The maximum Gasteiger partial charge on any atom is 0.240 e. The first-order chi connectivity index (χ1) is 11.9. The minimum atomic E-state index is -3.55. The monoisotopic (exact) mass is 386 g/mol. The van der Waals surface area contributed by atoms with E-state index in [-0.39, 0.29) is 10.8 Å². The number of aryl methyl sites for hydroxylation is 1. The quantitative estimate of drug-likeness (QED) is 0.671. The van der Waals surface area contributed by atoms with E-state index in [0.717, 1.165) is 31.8 Å². The fourth-order valence-corrected chi connectivity index (χ4v) is 5.06. The fraction of sp³-hybridized carbons (Fsp3) is 0.588. The molecule has 1 aliphatic rings. The minimum Gasteiger partial charge on any atom is -0.381 e. The molecular formula is C17H26N2O4S2. The highest BCUT2D eigenvalue weighted by Crippen LogP contribution is 2.22. The molecule has 0 radical (unpaired) electrons. The number of carbonyl (C=O) groups excluding carboxylic acids is 1. The van der Waals surface area contributed by atoms with Crippen molar-refractivity contribution in [2.75, 3.05) is 30.8 Å². The lowest BCUT2D eigenvalue weighted by Gasteiger charge is -2.21. The Morgan fingerprint density at radius 2 is 2.04 bits per heavy atom. The van der Waals surface area contributed by atoms with Crippen LogP contribution >= 0.6 is 11.8 Å². The Morgan fingerprint density at radius 1 is 1.32 bits per heavy atom. The molecule has 0 unspecified atom stereocenters. The van der Waals surface area contributed by atoms with Gasteiger partial charge in [0.05, 0.1) is 4.90 Å². The van der Waals surface area contributed by atoms with Crippen LogP contribution in [0.3, 0.4) is 0 Å². The molecule has 0 saturated carbocycles. The summed E-state index contributed by atoms with van der Waals surface area (Å²) >= 11 is 1.79. The third-order valence-electron chi connectivity index (χ3n) is 3.99. The first-order valence-corrected chi connectivity index (χ1v) is 11.0. The van der Waals surface area contributed by atoms with Crippen molar-refractivity contribution in [3.63, 3.8) is 0 Å². The van der Waals surface area contributed by atoms with E-state index in [4.69, 9.17) is 4.74 Å². The molecule has 1 fully saturated rings. The Balaban J connectivity index is 1.88. The smallest absolute Gasteiger partial charge is 0.240 e. The number of hydrogen-bond donors (Lipinski definition) is 2. The second kappa shape index (κ2) is 9.56. The van der Waals surface area contributed by atoms with Crippen LogP contribution in [0.25, 0.3) is 0 Å². The molecular weight excluding hydrogens is 360 g/mol. The number of anilines is 1. The number of carbonyl (C=O) groups is 1. The van der Waals surface area contributed by atoms with Gasteiger partial charge in [0.25, 0.3) is 0 Å². The van der Waals surface area contributed by atoms with Crippen LogP contribution in [0, 0.1) is 6.92 Å². The number of thioether (sulfide) groups is 1. The Labute approximate surface area is 154 Å². The highest BCUT2D eigenvalue weighted by Gasteiger charge is 2.18. The Morgan fingerprint density at radius 3 is 2.68 bits per heavy atom. The van der Waals surface area contributed by atoms with Crippen LogP contribution < -0.4 is 10.0 Å². The zero-order valence-corrected chi connectivity index (χ0v) is 16.3. The summed E-state index contributed by atoms with van der Waals surface area (Å²) in [5, 5.41) is 3.29. The lowest BCUT2D eigenvalue weighted by Crippen LogP contribution is -2.28. The van der Waals surface area contributed by atoms with Crippen molar-refractivity contribution in [1.29, 1.82) is 0 Å². The number of benzene rings is 1. The second-order valence-electron chi connectivity index (χ2n) is 5.96. The van der Waals surface area contributed by atoms with Crippen LogP contribution in [0.15, 0.2) is 23.1 Å². The van der Waals surface area contributed by atoms with E-state index < -0.39 is 10.0 Å². The van der Waals surface area contributed by atoms with Crippen LogP contribution in [-0.2, 0) is 19.6 Å². The lowest BCUT2D eigenvalue weighted by molar-refractivity contribution is -0.115. The third-order valence-corrected chi connectivity index (χ3v) is 6.99. The van der Waals surface area contributed by atoms with Crippen molar-refractivity contribution < 1.29 is 17.9 Å². The molecule has 140 valence electrons. The van der Waals surface area contributed by atoms with Crippen molar-refractivity contribution in [3.8, 4) is 0 Å². The van der Waals surface area contributed by atoms with Crippen LogP contribution in [0.1, 0.15) is 31.7 Å². The van der Waals surface area contributed by atoms with Crippen LogP contribution in [0.5, 0.6) is 0 Å². The van der Waals surface area contributed by atoms with Gasteiger partial charge >= 0.3 is 0 Å². The molecule has 8 heteroatoms. The molecule has 0 aliphatic carbocycles. The molecule has 2 N–H and O–H groups in total. The highest BCUT2D eigenvalue weighted by molar-refractivity contribution is 8.00. The number of sulfonamides is 1. The maximum atomic E-state index is 12.5. The average molecular weight is 387 g/mol. The predicted octanol–water partition coefficient (Wildman–Crippen LogP) is 2.53. The summed E-state index contributed by atoms with van der Waals surface area (Å²) in [5.41, 5.74) is 1.22. The molecule has 1 aromatic carbocycles. The minimum absolute atomic E-state index is 0.0988. The van der Waals surface area contributed by atoms with E-state index in [1.807, 2.05) is 0 Å². The molecule has 1 aromatic rings. The first-order valence-electron chi connectivity index (χ1n) is 8.52. The highest BCUT2D eigenvalue weighted by atomic mass is 32.2. The zero-order chi connectivity index (χ0) is 18.3. The van der Waals surface area contributed by atoms with Crippen molar-refractivity contribution in [2.45, 2.75) is 43.3 Å². The molecule has 0 spiro atoms. The normalized spacial score (nSPS) is 15.9.